The van der Waals surface area contributed by atoms with Crippen molar-refractivity contribution in [3.63, 3.8) is 0 Å². The van der Waals surface area contributed by atoms with Gasteiger partial charge in [-0.15, -0.1) is 0 Å². The van der Waals surface area contributed by atoms with E-state index in [0.717, 1.165) is 32.7 Å². The molecule has 23 nitrogen and oxygen atoms in total. The van der Waals surface area contributed by atoms with E-state index in [0.29, 0.717) is 48.1 Å². The Morgan fingerprint density at radius 2 is 0.686 bits per heavy atom. The highest BCUT2D eigenvalue weighted by Gasteiger charge is 2.37. The normalized spacial score (nSPS) is 22.0. The zero-order valence-electron chi connectivity index (χ0n) is 49.4. The number of carbonyl (C=O) groups excluding carboxylic acids is 8. The van der Waals surface area contributed by atoms with Gasteiger partial charge in [-0.05, 0) is 111 Å². The van der Waals surface area contributed by atoms with Gasteiger partial charge < -0.3 is 73.9 Å². The maximum absolute atomic E-state index is 15.1. The average Bonchev–Trinajstić information content (AvgIpc) is 4.28. The molecule has 1 fully saturated rings. The average molecular weight is 1180 g/mol. The first-order valence-electron chi connectivity index (χ1n) is 29.9. The van der Waals surface area contributed by atoms with Crippen LogP contribution in [-0.4, -0.2) is 134 Å². The molecular formula is C63H83N15O8. The van der Waals surface area contributed by atoms with Gasteiger partial charge in [-0.1, -0.05) is 82.3 Å². The Morgan fingerprint density at radius 3 is 1.01 bits per heavy atom. The van der Waals surface area contributed by atoms with Crippen molar-refractivity contribution in [3.05, 3.63) is 126 Å². The van der Waals surface area contributed by atoms with Crippen LogP contribution in [0.2, 0.25) is 0 Å². The molecule has 0 spiro atoms. The number of imidazole rings is 1. The standard InChI is InChI=1S/C63H83N15O8/c1-36(2)25-50-58(81)76-52(27-38-31-67-45-18-8-5-15-42(38)45)60(83)71-49(22-12-14-24-65)57(80)78-55(30-41-34-66-35-70-41)63(86)72-48(21-11-13-23-64)56(79)75-53(28-39-32-68-46-19-9-6-16-43(39)46)61(84)73-51(26-37(3)4)59(82)77-54(62(85)74-50)29-40-33-69-47-20-10-7-17-44(40)47/h5-10,15-20,31-37,48-55,67-69H,11-14,21-30,64-65H2,1-4H3,(H,66,70)(H,71,83)(H,72,86)(H,73,84)(H,74,85)(H,75,79)(H,76,81)(H,77,82)(H,78,80)/t48-,49-,50-,51-,52+,53+,54+,55+/m1/s1. The van der Waals surface area contributed by atoms with E-state index < -0.39 is 95.6 Å². The van der Waals surface area contributed by atoms with Gasteiger partial charge in [-0.3, -0.25) is 38.4 Å². The first-order valence-corrected chi connectivity index (χ1v) is 29.9. The van der Waals surface area contributed by atoms with Crippen LogP contribution in [0, 0.1) is 11.8 Å². The summed E-state index contributed by atoms with van der Waals surface area (Å²) in [5.41, 5.74) is 16.7. The molecule has 4 aromatic heterocycles. The number of benzene rings is 3. The first-order chi connectivity index (χ1) is 41.5. The van der Waals surface area contributed by atoms with Crippen molar-refractivity contribution in [3.8, 4) is 0 Å². The largest absolute Gasteiger partial charge is 0.361 e. The molecule has 1 aliphatic heterocycles. The molecule has 23 heteroatoms. The maximum atomic E-state index is 15.1. The van der Waals surface area contributed by atoms with E-state index in [2.05, 4.69) is 67.5 Å². The molecule has 8 rings (SSSR count). The highest BCUT2D eigenvalue weighted by molar-refractivity contribution is 6.00. The number of amides is 8. The minimum Gasteiger partial charge on any atom is -0.361 e. The van der Waals surface area contributed by atoms with Gasteiger partial charge in [0, 0.05) is 88.9 Å². The summed E-state index contributed by atoms with van der Waals surface area (Å²) < 4.78 is 0. The van der Waals surface area contributed by atoms with Gasteiger partial charge in [0.25, 0.3) is 0 Å². The summed E-state index contributed by atoms with van der Waals surface area (Å²) in [5.74, 6) is -6.10. The second kappa shape index (κ2) is 30.3. The molecule has 3 aromatic carbocycles. The molecule has 458 valence electrons. The predicted molar refractivity (Wildman–Crippen MR) is 328 cm³/mol. The third-order valence-electron chi connectivity index (χ3n) is 15.6. The second-order valence-electron chi connectivity index (χ2n) is 23.3. The van der Waals surface area contributed by atoms with Crippen molar-refractivity contribution in [2.75, 3.05) is 13.1 Å². The number of rotatable bonds is 20. The lowest BCUT2D eigenvalue weighted by molar-refractivity contribution is -0.137. The smallest absolute Gasteiger partial charge is 0.243 e. The summed E-state index contributed by atoms with van der Waals surface area (Å²) in [7, 11) is 0. The van der Waals surface area contributed by atoms with Crippen LogP contribution in [0.1, 0.15) is 101 Å². The van der Waals surface area contributed by atoms with E-state index in [9.17, 15) is 14.4 Å². The zero-order chi connectivity index (χ0) is 61.3. The molecule has 0 aliphatic carbocycles. The number of carbonyl (C=O) groups is 8. The van der Waals surface area contributed by atoms with Crippen LogP contribution < -0.4 is 54.0 Å². The van der Waals surface area contributed by atoms with Gasteiger partial charge in [0.05, 0.1) is 6.33 Å². The van der Waals surface area contributed by atoms with E-state index >= 15 is 24.0 Å². The van der Waals surface area contributed by atoms with Crippen molar-refractivity contribution in [2.45, 2.75) is 153 Å². The number of aromatic amines is 4. The summed E-state index contributed by atoms with van der Waals surface area (Å²) in [4.78, 5) is 137. The molecule has 8 atom stereocenters. The van der Waals surface area contributed by atoms with Crippen molar-refractivity contribution >= 4 is 80.0 Å². The van der Waals surface area contributed by atoms with E-state index in [1.807, 2.05) is 100 Å². The molecule has 5 heterocycles. The number of nitrogens with zero attached hydrogens (tertiary/aromatic N) is 1. The Balaban J connectivity index is 1.22. The van der Waals surface area contributed by atoms with Gasteiger partial charge >= 0.3 is 0 Å². The highest BCUT2D eigenvalue weighted by Crippen LogP contribution is 2.24. The molecule has 0 unspecified atom stereocenters. The Labute approximate surface area is 499 Å². The summed E-state index contributed by atoms with van der Waals surface area (Å²) in [5, 5.41) is 25.7. The van der Waals surface area contributed by atoms with Crippen molar-refractivity contribution in [2.24, 2.45) is 23.3 Å². The molecule has 1 saturated heterocycles. The van der Waals surface area contributed by atoms with E-state index in [-0.39, 0.29) is 76.3 Å². The van der Waals surface area contributed by atoms with Crippen LogP contribution >= 0.6 is 0 Å². The van der Waals surface area contributed by atoms with Gasteiger partial charge in [0.15, 0.2) is 0 Å². The second-order valence-corrected chi connectivity index (χ2v) is 23.3. The predicted octanol–water partition coefficient (Wildman–Crippen LogP) is 3.37. The lowest BCUT2D eigenvalue weighted by Crippen LogP contribution is -2.62. The van der Waals surface area contributed by atoms with Crippen molar-refractivity contribution in [1.29, 1.82) is 0 Å². The number of fused-ring (bicyclic) bond motifs is 3. The highest BCUT2D eigenvalue weighted by atomic mass is 16.2. The monoisotopic (exact) mass is 1180 g/mol. The summed E-state index contributed by atoms with van der Waals surface area (Å²) in [6, 6.07) is 12.1. The number of hydrogen-bond donors (Lipinski definition) is 14. The molecule has 8 amide bonds. The zero-order valence-corrected chi connectivity index (χ0v) is 49.4. The number of hydrogen-bond acceptors (Lipinski definition) is 11. The first kappa shape index (κ1) is 63.2. The van der Waals surface area contributed by atoms with Crippen molar-refractivity contribution < 1.29 is 38.4 Å². The maximum Gasteiger partial charge on any atom is 0.243 e. The van der Waals surface area contributed by atoms with Crippen molar-refractivity contribution in [1.82, 2.24) is 67.5 Å². The number of nitrogens with one attached hydrogen (secondary N) is 12. The quantitative estimate of drug-likeness (QED) is 0.0491. The van der Waals surface area contributed by atoms with Crippen LogP contribution in [0.3, 0.4) is 0 Å². The van der Waals surface area contributed by atoms with E-state index in [1.54, 1.807) is 18.6 Å². The molecule has 7 aromatic rings. The third kappa shape index (κ3) is 17.0. The van der Waals surface area contributed by atoms with Crippen LogP contribution in [0.15, 0.2) is 104 Å². The van der Waals surface area contributed by atoms with E-state index in [4.69, 9.17) is 11.5 Å². The number of unbranched alkanes of at least 4 members (excludes halogenated alkanes) is 2. The third-order valence-corrected chi connectivity index (χ3v) is 15.6. The number of nitrogens with two attached hydrogens (primary N) is 2. The van der Waals surface area contributed by atoms with Crippen LogP contribution in [0.4, 0.5) is 0 Å². The molecule has 86 heavy (non-hydrogen) atoms. The molecule has 16 N–H and O–H groups in total. The summed E-state index contributed by atoms with van der Waals surface area (Å²) in [6.45, 7) is 8.11. The van der Waals surface area contributed by atoms with E-state index in [1.165, 1.54) is 12.5 Å². The molecule has 0 radical (unpaired) electrons. The van der Waals surface area contributed by atoms with Crippen LogP contribution in [0.25, 0.3) is 32.7 Å². The minimum absolute atomic E-state index is 0.0432. The molecular weight excluding hydrogens is 1090 g/mol. The van der Waals surface area contributed by atoms with Gasteiger partial charge in [0.2, 0.25) is 47.3 Å². The molecule has 0 bridgehead atoms. The van der Waals surface area contributed by atoms with Crippen LogP contribution in [-0.2, 0) is 64.0 Å². The molecule has 1 aliphatic rings. The van der Waals surface area contributed by atoms with Gasteiger partial charge in [-0.2, -0.15) is 0 Å². The summed E-state index contributed by atoms with van der Waals surface area (Å²) in [6.07, 6.45) is 10.0. The molecule has 0 saturated carbocycles. The van der Waals surface area contributed by atoms with Crippen LogP contribution in [0.5, 0.6) is 0 Å². The lowest BCUT2D eigenvalue weighted by atomic mass is 9.98. The SMILES string of the molecule is CC(C)C[C@H]1NC(=O)[C@H](Cc2c[nH]c3ccccc23)NC(=O)[C@@H](CCCCN)NC(=O)[C@H](Cc2cnc[nH]2)NC(=O)[C@@H](CCCCN)NC(=O)[C@H](Cc2c[nH]c3ccccc23)NC(=O)[C@@H](CC(C)C)NC(=O)[C@H](Cc2c[nH]c3ccccc23)NC1=O. The van der Waals surface area contributed by atoms with Gasteiger partial charge in [-0.25, -0.2) is 4.98 Å². The van der Waals surface area contributed by atoms with Gasteiger partial charge in [0.1, 0.15) is 48.3 Å². The number of H-pyrrole nitrogens is 4. The Kier molecular flexibility index (Phi) is 22.3. The number of aromatic nitrogens is 5. The number of para-hydroxylation sites is 3. The Morgan fingerprint density at radius 1 is 0.384 bits per heavy atom. The Bertz CT molecular complexity index is 3350. The fourth-order valence-electron chi connectivity index (χ4n) is 11.1. The minimum atomic E-state index is -1.35. The topological polar surface area (TPSA) is 361 Å². The summed E-state index contributed by atoms with van der Waals surface area (Å²) >= 11 is 0. The fraction of sp³-hybridized carbons (Fsp3) is 0.444. The Hall–Kier alpha value is -8.83. The fourth-order valence-corrected chi connectivity index (χ4v) is 11.1. The lowest BCUT2D eigenvalue weighted by Gasteiger charge is -2.30.